The van der Waals surface area contributed by atoms with Gasteiger partial charge in [-0.05, 0) is 26.0 Å². The number of amides is 1. The van der Waals surface area contributed by atoms with Gasteiger partial charge in [-0.1, -0.05) is 11.6 Å². The average molecular weight is 312 g/mol. The Hall–Kier alpha value is -1.46. The summed E-state index contributed by atoms with van der Waals surface area (Å²) in [7, 11) is 0. The molecular formula is C15H18ClNO4. The minimum atomic E-state index is -0.0594. The van der Waals surface area contributed by atoms with E-state index in [4.69, 9.17) is 25.8 Å². The number of carbonyl (C=O) groups is 1. The second-order valence-electron chi connectivity index (χ2n) is 5.45. The molecule has 0 bridgehead atoms. The van der Waals surface area contributed by atoms with Crippen LogP contribution in [0.5, 0.6) is 11.5 Å². The van der Waals surface area contributed by atoms with E-state index in [0.717, 1.165) is 0 Å². The van der Waals surface area contributed by atoms with E-state index in [1.165, 1.54) is 0 Å². The molecule has 2 aliphatic rings. The van der Waals surface area contributed by atoms with Crippen molar-refractivity contribution in [2.45, 2.75) is 26.1 Å². The topological polar surface area (TPSA) is 48.0 Å². The Morgan fingerprint density at radius 2 is 1.86 bits per heavy atom. The Bertz CT molecular complexity index is 553. The van der Waals surface area contributed by atoms with Crippen LogP contribution in [0.25, 0.3) is 0 Å². The van der Waals surface area contributed by atoms with Gasteiger partial charge in [0.25, 0.3) is 5.91 Å². The van der Waals surface area contributed by atoms with Crippen molar-refractivity contribution in [1.29, 1.82) is 0 Å². The molecule has 1 saturated heterocycles. The molecule has 2 heterocycles. The minimum Gasteiger partial charge on any atom is -0.486 e. The summed E-state index contributed by atoms with van der Waals surface area (Å²) in [6.07, 6.45) is 0.0655. The molecule has 2 atom stereocenters. The molecule has 1 aromatic carbocycles. The number of hydrogen-bond donors (Lipinski definition) is 0. The number of carbonyl (C=O) groups excluding carboxylic acids is 1. The first-order valence-electron chi connectivity index (χ1n) is 7.08. The standard InChI is InChI=1S/C15H18ClNO4/c1-9-7-17(8-10(2)21-9)15(18)11-5-12(16)14-13(6-11)19-3-4-20-14/h5-6,9-10H,3-4,7-8H2,1-2H3/t9-,10+. The van der Waals surface area contributed by atoms with Crippen molar-refractivity contribution in [1.82, 2.24) is 4.90 Å². The van der Waals surface area contributed by atoms with Gasteiger partial charge in [-0.3, -0.25) is 4.79 Å². The zero-order valence-corrected chi connectivity index (χ0v) is 12.9. The van der Waals surface area contributed by atoms with Crippen molar-refractivity contribution in [2.24, 2.45) is 0 Å². The fourth-order valence-corrected chi connectivity index (χ4v) is 3.03. The molecule has 0 N–H and O–H groups in total. The first-order valence-corrected chi connectivity index (χ1v) is 7.46. The first-order chi connectivity index (χ1) is 10.0. The molecule has 0 radical (unpaired) electrons. The van der Waals surface area contributed by atoms with E-state index in [2.05, 4.69) is 0 Å². The first kappa shape index (κ1) is 14.5. The molecule has 114 valence electrons. The Morgan fingerprint density at radius 1 is 1.19 bits per heavy atom. The van der Waals surface area contributed by atoms with Crippen LogP contribution in [0.1, 0.15) is 24.2 Å². The van der Waals surface area contributed by atoms with Crippen LogP contribution < -0.4 is 9.47 Å². The van der Waals surface area contributed by atoms with Crippen molar-refractivity contribution in [3.63, 3.8) is 0 Å². The van der Waals surface area contributed by atoms with Crippen molar-refractivity contribution in [3.8, 4) is 11.5 Å². The highest BCUT2D eigenvalue weighted by molar-refractivity contribution is 6.32. The second-order valence-corrected chi connectivity index (χ2v) is 5.86. The molecule has 0 spiro atoms. The summed E-state index contributed by atoms with van der Waals surface area (Å²) in [5, 5.41) is 0.407. The van der Waals surface area contributed by atoms with Crippen molar-refractivity contribution < 1.29 is 19.0 Å². The van der Waals surface area contributed by atoms with Gasteiger partial charge in [0.2, 0.25) is 0 Å². The van der Waals surface area contributed by atoms with Gasteiger partial charge in [0, 0.05) is 18.7 Å². The highest BCUT2D eigenvalue weighted by Crippen LogP contribution is 2.38. The molecule has 0 aliphatic carbocycles. The van der Waals surface area contributed by atoms with Crippen molar-refractivity contribution in [2.75, 3.05) is 26.3 Å². The summed E-state index contributed by atoms with van der Waals surface area (Å²) in [6, 6.07) is 3.34. The van der Waals surface area contributed by atoms with Crippen LogP contribution in [0.2, 0.25) is 5.02 Å². The van der Waals surface area contributed by atoms with Gasteiger partial charge < -0.3 is 19.1 Å². The summed E-state index contributed by atoms with van der Waals surface area (Å²) in [5.41, 5.74) is 0.519. The normalized spacial score (nSPS) is 24.8. The number of morpholine rings is 1. The van der Waals surface area contributed by atoms with Crippen LogP contribution in [0.3, 0.4) is 0 Å². The largest absolute Gasteiger partial charge is 0.486 e. The van der Waals surface area contributed by atoms with Gasteiger partial charge in [0.1, 0.15) is 13.2 Å². The molecular weight excluding hydrogens is 294 g/mol. The van der Waals surface area contributed by atoms with Crippen molar-refractivity contribution in [3.05, 3.63) is 22.7 Å². The van der Waals surface area contributed by atoms with Gasteiger partial charge in [-0.15, -0.1) is 0 Å². The quantitative estimate of drug-likeness (QED) is 0.799. The number of benzene rings is 1. The van der Waals surface area contributed by atoms with E-state index in [9.17, 15) is 4.79 Å². The van der Waals surface area contributed by atoms with Crippen LogP contribution >= 0.6 is 11.6 Å². The Labute approximate surface area is 128 Å². The number of fused-ring (bicyclic) bond motifs is 1. The van der Waals surface area contributed by atoms with E-state index in [0.29, 0.717) is 48.4 Å². The van der Waals surface area contributed by atoms with Crippen LogP contribution in [0.4, 0.5) is 0 Å². The van der Waals surface area contributed by atoms with Gasteiger partial charge >= 0.3 is 0 Å². The van der Waals surface area contributed by atoms with E-state index in [-0.39, 0.29) is 18.1 Å². The second kappa shape index (κ2) is 5.73. The minimum absolute atomic E-state index is 0.0328. The fraction of sp³-hybridized carbons (Fsp3) is 0.533. The molecule has 1 fully saturated rings. The smallest absolute Gasteiger partial charge is 0.254 e. The van der Waals surface area contributed by atoms with E-state index < -0.39 is 0 Å². The Morgan fingerprint density at radius 3 is 2.57 bits per heavy atom. The fourth-order valence-electron chi connectivity index (χ4n) is 2.76. The number of ether oxygens (including phenoxy) is 3. The van der Waals surface area contributed by atoms with E-state index in [1.807, 2.05) is 13.8 Å². The molecule has 1 amide bonds. The van der Waals surface area contributed by atoms with Gasteiger partial charge in [-0.25, -0.2) is 0 Å². The zero-order chi connectivity index (χ0) is 15.0. The lowest BCUT2D eigenvalue weighted by Crippen LogP contribution is -2.48. The van der Waals surface area contributed by atoms with E-state index in [1.54, 1.807) is 17.0 Å². The molecule has 3 rings (SSSR count). The molecule has 21 heavy (non-hydrogen) atoms. The molecule has 1 aromatic rings. The third-order valence-corrected chi connectivity index (χ3v) is 3.83. The van der Waals surface area contributed by atoms with Crippen LogP contribution in [0.15, 0.2) is 12.1 Å². The third kappa shape index (κ3) is 2.94. The van der Waals surface area contributed by atoms with Gasteiger partial charge in [0.15, 0.2) is 11.5 Å². The Kier molecular flexibility index (Phi) is 3.95. The number of rotatable bonds is 1. The van der Waals surface area contributed by atoms with E-state index >= 15 is 0 Å². The van der Waals surface area contributed by atoms with Crippen molar-refractivity contribution >= 4 is 17.5 Å². The number of hydrogen-bond acceptors (Lipinski definition) is 4. The molecule has 0 unspecified atom stereocenters. The Balaban J connectivity index is 1.86. The summed E-state index contributed by atoms with van der Waals surface area (Å²) >= 11 is 6.19. The summed E-state index contributed by atoms with van der Waals surface area (Å²) < 4.78 is 16.6. The highest BCUT2D eigenvalue weighted by atomic mass is 35.5. The SMILES string of the molecule is C[C@@H]1CN(C(=O)c2cc(Cl)c3c(c2)OCCO3)C[C@H](C)O1. The van der Waals surface area contributed by atoms with Gasteiger partial charge in [0.05, 0.1) is 17.2 Å². The number of halogens is 1. The van der Waals surface area contributed by atoms with Crippen LogP contribution in [0, 0.1) is 0 Å². The maximum absolute atomic E-state index is 12.6. The van der Waals surface area contributed by atoms with Gasteiger partial charge in [-0.2, -0.15) is 0 Å². The maximum Gasteiger partial charge on any atom is 0.254 e. The lowest BCUT2D eigenvalue weighted by atomic mass is 10.1. The van der Waals surface area contributed by atoms with Crippen LogP contribution in [-0.4, -0.2) is 49.3 Å². The average Bonchev–Trinajstić information content (AvgIpc) is 2.45. The highest BCUT2D eigenvalue weighted by Gasteiger charge is 2.28. The predicted octanol–water partition coefficient (Wildman–Crippen LogP) is 2.36. The summed E-state index contributed by atoms with van der Waals surface area (Å²) in [6.45, 7) is 6.02. The molecule has 6 heteroatoms. The molecule has 5 nitrogen and oxygen atoms in total. The molecule has 0 aromatic heterocycles. The third-order valence-electron chi connectivity index (χ3n) is 3.55. The zero-order valence-electron chi connectivity index (χ0n) is 12.1. The molecule has 2 aliphatic heterocycles. The van der Waals surface area contributed by atoms with Crippen LogP contribution in [-0.2, 0) is 4.74 Å². The molecule has 0 saturated carbocycles. The predicted molar refractivity (Wildman–Crippen MR) is 78.4 cm³/mol. The number of nitrogens with zero attached hydrogens (tertiary/aromatic N) is 1. The summed E-state index contributed by atoms with van der Waals surface area (Å²) in [5.74, 6) is 0.991. The maximum atomic E-state index is 12.6. The lowest BCUT2D eigenvalue weighted by Gasteiger charge is -2.35. The lowest BCUT2D eigenvalue weighted by molar-refractivity contribution is -0.0586. The monoisotopic (exact) mass is 311 g/mol. The summed E-state index contributed by atoms with van der Waals surface area (Å²) in [4.78, 5) is 14.4.